The summed E-state index contributed by atoms with van der Waals surface area (Å²) in [7, 11) is 1.34. The van der Waals surface area contributed by atoms with Gasteiger partial charge in [0.1, 0.15) is 11.3 Å². The minimum absolute atomic E-state index is 0.0262. The number of methoxy groups -OCH3 is 1. The van der Waals surface area contributed by atoms with Gasteiger partial charge in [-0.25, -0.2) is 9.59 Å². The summed E-state index contributed by atoms with van der Waals surface area (Å²) >= 11 is 0. The van der Waals surface area contributed by atoms with Crippen molar-refractivity contribution in [2.24, 2.45) is 0 Å². The van der Waals surface area contributed by atoms with Crippen molar-refractivity contribution < 1.29 is 23.5 Å². The quantitative estimate of drug-likeness (QED) is 0.494. The van der Waals surface area contributed by atoms with E-state index in [1.807, 2.05) is 13.8 Å². The Balaban J connectivity index is 3.26. The smallest absolute Gasteiger partial charge is 0.374 e. The van der Waals surface area contributed by atoms with Crippen LogP contribution >= 0.6 is 0 Å². The summed E-state index contributed by atoms with van der Waals surface area (Å²) in [5, 5.41) is 0. The highest BCUT2D eigenvalue weighted by Crippen LogP contribution is 2.31. The Morgan fingerprint density at radius 1 is 1.09 bits per heavy atom. The lowest BCUT2D eigenvalue weighted by atomic mass is 9.98. The number of hydrogen-bond acceptors (Lipinski definition) is 5. The summed E-state index contributed by atoms with van der Waals surface area (Å²) in [5.41, 5.74) is 1.01. The van der Waals surface area contributed by atoms with Crippen LogP contribution < -0.4 is 0 Å². The third-order valence-electron chi connectivity index (χ3n) is 3.69. The molecule has 1 heterocycles. The van der Waals surface area contributed by atoms with Gasteiger partial charge in [-0.1, -0.05) is 40.0 Å². The maximum atomic E-state index is 12.2. The molecule has 0 aromatic carbocycles. The fourth-order valence-electron chi connectivity index (χ4n) is 2.55. The first-order valence-electron chi connectivity index (χ1n) is 8.38. The van der Waals surface area contributed by atoms with E-state index in [9.17, 15) is 9.59 Å². The zero-order chi connectivity index (χ0) is 17.4. The number of hydrogen-bond donors (Lipinski definition) is 0. The fraction of sp³-hybridized carbons (Fsp3) is 0.667. The van der Waals surface area contributed by atoms with E-state index in [0.29, 0.717) is 23.3 Å². The normalized spacial score (nSPS) is 10.9. The molecule has 130 valence electrons. The molecular formula is C18H28O5. The summed E-state index contributed by atoms with van der Waals surface area (Å²) in [6.45, 7) is 7.98. The van der Waals surface area contributed by atoms with Crippen molar-refractivity contribution in [3.8, 4) is 0 Å². The zero-order valence-electron chi connectivity index (χ0n) is 14.9. The minimum Gasteiger partial charge on any atom is -0.465 e. The maximum Gasteiger partial charge on any atom is 0.374 e. The summed E-state index contributed by atoms with van der Waals surface area (Å²) in [6, 6.07) is 0. The van der Waals surface area contributed by atoms with E-state index in [-0.39, 0.29) is 18.3 Å². The van der Waals surface area contributed by atoms with Crippen molar-refractivity contribution in [1.29, 1.82) is 0 Å². The van der Waals surface area contributed by atoms with E-state index in [2.05, 4.69) is 6.92 Å². The van der Waals surface area contributed by atoms with Gasteiger partial charge in [0.15, 0.2) is 0 Å². The molecule has 0 fully saturated rings. The van der Waals surface area contributed by atoms with Crippen molar-refractivity contribution >= 4 is 11.9 Å². The van der Waals surface area contributed by atoms with E-state index < -0.39 is 11.9 Å². The monoisotopic (exact) mass is 324 g/mol. The van der Waals surface area contributed by atoms with E-state index in [1.54, 1.807) is 6.92 Å². The second kappa shape index (κ2) is 9.38. The van der Waals surface area contributed by atoms with Crippen molar-refractivity contribution in [3.05, 3.63) is 22.6 Å². The molecule has 0 spiro atoms. The van der Waals surface area contributed by atoms with Gasteiger partial charge in [-0.15, -0.1) is 0 Å². The fourth-order valence-corrected chi connectivity index (χ4v) is 2.55. The van der Waals surface area contributed by atoms with Crippen LogP contribution in [0.4, 0.5) is 0 Å². The SMILES string of the molecule is CCCCCCc1c(C(=O)OCC)oc(C(C)C)c1C(=O)OC. The Bertz CT molecular complexity index is 528. The number of ether oxygens (including phenoxy) is 2. The number of carbonyl (C=O) groups is 2. The van der Waals surface area contributed by atoms with Crippen LogP contribution in [-0.4, -0.2) is 25.7 Å². The van der Waals surface area contributed by atoms with Gasteiger partial charge < -0.3 is 13.9 Å². The van der Waals surface area contributed by atoms with E-state index in [0.717, 1.165) is 25.7 Å². The van der Waals surface area contributed by atoms with E-state index >= 15 is 0 Å². The van der Waals surface area contributed by atoms with Crippen molar-refractivity contribution in [1.82, 2.24) is 0 Å². The van der Waals surface area contributed by atoms with Gasteiger partial charge in [-0.05, 0) is 19.8 Å². The summed E-state index contributed by atoms with van der Waals surface area (Å²) < 4.78 is 15.7. The van der Waals surface area contributed by atoms with Crippen molar-refractivity contribution in [3.63, 3.8) is 0 Å². The largest absolute Gasteiger partial charge is 0.465 e. The van der Waals surface area contributed by atoms with Crippen LogP contribution in [0.2, 0.25) is 0 Å². The van der Waals surface area contributed by atoms with Crippen LogP contribution in [0.1, 0.15) is 91.5 Å². The van der Waals surface area contributed by atoms with Crippen LogP contribution in [0.15, 0.2) is 4.42 Å². The molecule has 0 bridgehead atoms. The highest BCUT2D eigenvalue weighted by Gasteiger charge is 2.31. The second-order valence-electron chi connectivity index (χ2n) is 5.83. The number of esters is 2. The third-order valence-corrected chi connectivity index (χ3v) is 3.69. The lowest BCUT2D eigenvalue weighted by Crippen LogP contribution is -2.10. The molecule has 1 rings (SSSR count). The van der Waals surface area contributed by atoms with Crippen LogP contribution in [0, 0.1) is 0 Å². The first-order chi connectivity index (χ1) is 11.0. The predicted molar refractivity (Wildman–Crippen MR) is 87.9 cm³/mol. The van der Waals surface area contributed by atoms with Gasteiger partial charge in [0, 0.05) is 11.5 Å². The van der Waals surface area contributed by atoms with Crippen LogP contribution in [0.5, 0.6) is 0 Å². The van der Waals surface area contributed by atoms with Gasteiger partial charge in [0.2, 0.25) is 5.76 Å². The summed E-state index contributed by atoms with van der Waals surface area (Å²) in [5.74, 6) is -0.368. The highest BCUT2D eigenvalue weighted by atomic mass is 16.5. The standard InChI is InChI=1S/C18H28O5/c1-6-8-9-10-11-13-14(17(19)21-5)15(12(3)4)23-16(13)18(20)22-7-2/h12H,6-11H2,1-5H3. The molecule has 5 heteroatoms. The highest BCUT2D eigenvalue weighted by molar-refractivity contribution is 5.97. The summed E-state index contributed by atoms with van der Waals surface area (Å²) in [6.07, 6.45) is 4.78. The van der Waals surface area contributed by atoms with Gasteiger partial charge in [-0.2, -0.15) is 0 Å². The molecule has 0 atom stereocenters. The van der Waals surface area contributed by atoms with Gasteiger partial charge in [0.05, 0.1) is 13.7 Å². The number of furan rings is 1. The molecular weight excluding hydrogens is 296 g/mol. The first-order valence-corrected chi connectivity index (χ1v) is 8.38. The average Bonchev–Trinajstić information content (AvgIpc) is 2.91. The Kier molecular flexibility index (Phi) is 7.86. The molecule has 1 aromatic heterocycles. The summed E-state index contributed by atoms with van der Waals surface area (Å²) in [4.78, 5) is 24.4. The third kappa shape index (κ3) is 4.85. The minimum atomic E-state index is -0.518. The molecule has 1 aromatic rings. The maximum absolute atomic E-state index is 12.2. The predicted octanol–water partition coefficient (Wildman–Crippen LogP) is 4.49. The van der Waals surface area contributed by atoms with Crippen LogP contribution in [0.3, 0.4) is 0 Å². The van der Waals surface area contributed by atoms with E-state index in [1.165, 1.54) is 7.11 Å². The Hall–Kier alpha value is -1.78. The van der Waals surface area contributed by atoms with Crippen LogP contribution in [0.25, 0.3) is 0 Å². The second-order valence-corrected chi connectivity index (χ2v) is 5.83. The Morgan fingerprint density at radius 3 is 2.30 bits per heavy atom. The number of rotatable bonds is 9. The molecule has 0 amide bonds. The van der Waals surface area contributed by atoms with Gasteiger partial charge in [0.25, 0.3) is 0 Å². The number of unbranched alkanes of at least 4 members (excludes halogenated alkanes) is 3. The van der Waals surface area contributed by atoms with Crippen molar-refractivity contribution in [2.45, 2.75) is 65.7 Å². The molecule has 0 saturated heterocycles. The lowest BCUT2D eigenvalue weighted by molar-refractivity contribution is 0.0485. The molecule has 0 N–H and O–H groups in total. The van der Waals surface area contributed by atoms with Gasteiger partial charge >= 0.3 is 11.9 Å². The molecule has 0 aliphatic heterocycles. The van der Waals surface area contributed by atoms with Gasteiger partial charge in [-0.3, -0.25) is 0 Å². The van der Waals surface area contributed by atoms with Crippen molar-refractivity contribution in [2.75, 3.05) is 13.7 Å². The lowest BCUT2D eigenvalue weighted by Gasteiger charge is -2.06. The first kappa shape index (κ1) is 19.3. The molecule has 0 radical (unpaired) electrons. The zero-order valence-corrected chi connectivity index (χ0v) is 14.9. The average molecular weight is 324 g/mol. The van der Waals surface area contributed by atoms with E-state index in [4.69, 9.17) is 13.9 Å². The molecule has 0 unspecified atom stereocenters. The van der Waals surface area contributed by atoms with Crippen LogP contribution in [-0.2, 0) is 15.9 Å². The molecule has 0 aliphatic carbocycles. The number of carbonyl (C=O) groups excluding carboxylic acids is 2. The Morgan fingerprint density at radius 2 is 1.78 bits per heavy atom. The molecule has 5 nitrogen and oxygen atoms in total. The molecule has 23 heavy (non-hydrogen) atoms. The molecule has 0 saturated carbocycles. The Labute approximate surface area is 138 Å². The topological polar surface area (TPSA) is 65.7 Å². The molecule has 0 aliphatic rings.